The monoisotopic (exact) mass is 433 g/mol. The number of rotatable bonds is 8. The van der Waals surface area contributed by atoms with Crippen LogP contribution in [-0.4, -0.2) is 21.2 Å². The maximum absolute atomic E-state index is 12.8. The number of unbranched alkanes of at least 4 members (excludes halogenated alkanes) is 2. The normalized spacial score (nSPS) is 11.8. The lowest BCUT2D eigenvalue weighted by Crippen LogP contribution is -2.28. The minimum atomic E-state index is -0.402. The first-order chi connectivity index (χ1) is 15.1. The Morgan fingerprint density at radius 3 is 2.55 bits per heavy atom. The Morgan fingerprint density at radius 1 is 1.03 bits per heavy atom. The third kappa shape index (κ3) is 5.06. The third-order valence-electron chi connectivity index (χ3n) is 4.86. The summed E-state index contributed by atoms with van der Waals surface area (Å²) in [5.74, 6) is 0.811. The van der Waals surface area contributed by atoms with Crippen LogP contribution in [0, 0.1) is 0 Å². The highest BCUT2D eigenvalue weighted by molar-refractivity contribution is 7.15. The molecule has 0 aliphatic carbocycles. The number of nitrogens with zero attached hydrogens (tertiary/aromatic N) is 3. The molecule has 0 saturated heterocycles. The van der Waals surface area contributed by atoms with Crippen LogP contribution in [0.1, 0.15) is 43.0 Å². The number of hydrogen-bond donors (Lipinski definition) is 0. The molecule has 0 bridgehead atoms. The van der Waals surface area contributed by atoms with E-state index in [1.54, 1.807) is 6.08 Å². The van der Waals surface area contributed by atoms with E-state index < -0.39 is 5.56 Å². The predicted molar refractivity (Wildman–Crippen MR) is 123 cm³/mol. The number of benzene rings is 2. The van der Waals surface area contributed by atoms with Gasteiger partial charge in [0.1, 0.15) is 11.4 Å². The van der Waals surface area contributed by atoms with Crippen LogP contribution in [0.4, 0.5) is 0 Å². The van der Waals surface area contributed by atoms with Crippen molar-refractivity contribution >= 4 is 22.4 Å². The summed E-state index contributed by atoms with van der Waals surface area (Å²) in [6.07, 6.45) is 5.47. The van der Waals surface area contributed by atoms with Crippen molar-refractivity contribution in [1.29, 1.82) is 0 Å². The van der Waals surface area contributed by atoms with Crippen LogP contribution >= 0.6 is 11.3 Å². The molecule has 2 heterocycles. The van der Waals surface area contributed by atoms with Crippen molar-refractivity contribution in [1.82, 2.24) is 14.6 Å². The minimum absolute atomic E-state index is 0.259. The summed E-state index contributed by atoms with van der Waals surface area (Å²) >= 11 is 1.16. The second-order valence-corrected chi connectivity index (χ2v) is 8.27. The molecule has 0 unspecified atom stereocenters. The van der Waals surface area contributed by atoms with E-state index in [0.29, 0.717) is 22.5 Å². The van der Waals surface area contributed by atoms with E-state index in [2.05, 4.69) is 17.0 Å². The van der Waals surface area contributed by atoms with Crippen molar-refractivity contribution in [2.45, 2.75) is 32.6 Å². The molecule has 2 aromatic carbocycles. The van der Waals surface area contributed by atoms with Gasteiger partial charge in [0, 0.05) is 6.42 Å². The van der Waals surface area contributed by atoms with Crippen LogP contribution in [0.15, 0.2) is 64.2 Å². The van der Waals surface area contributed by atoms with Crippen molar-refractivity contribution in [3.05, 3.63) is 96.7 Å². The Labute approximate surface area is 183 Å². The summed E-state index contributed by atoms with van der Waals surface area (Å²) in [7, 11) is 0. The van der Waals surface area contributed by atoms with Gasteiger partial charge in [-0.2, -0.15) is 14.6 Å². The second kappa shape index (κ2) is 9.66. The number of hydrogen-bond acceptors (Lipinski definition) is 6. The Kier molecular flexibility index (Phi) is 6.52. The molecule has 0 atom stereocenters. The zero-order chi connectivity index (χ0) is 21.6. The van der Waals surface area contributed by atoms with E-state index in [-0.39, 0.29) is 11.3 Å². The van der Waals surface area contributed by atoms with Crippen LogP contribution in [-0.2, 0) is 6.42 Å². The lowest BCUT2D eigenvalue weighted by Gasteiger charge is -2.05. The average molecular weight is 434 g/mol. The molecule has 6 nitrogen and oxygen atoms in total. The largest absolute Gasteiger partial charge is 0.494 e. The average Bonchev–Trinajstić information content (AvgIpc) is 3.07. The highest BCUT2D eigenvalue weighted by atomic mass is 32.1. The molecular formula is C24H23N3O3S. The van der Waals surface area contributed by atoms with Crippen molar-refractivity contribution in [2.75, 3.05) is 6.61 Å². The molecule has 7 heteroatoms. The highest BCUT2D eigenvalue weighted by Crippen LogP contribution is 2.13. The molecule has 0 radical (unpaired) electrons. The second-order valence-electron chi connectivity index (χ2n) is 7.26. The van der Waals surface area contributed by atoms with Gasteiger partial charge in [-0.3, -0.25) is 9.59 Å². The molecule has 4 aromatic rings. The first-order valence-corrected chi connectivity index (χ1v) is 11.2. The summed E-state index contributed by atoms with van der Waals surface area (Å²) in [4.78, 5) is 29.6. The predicted octanol–water partition coefficient (Wildman–Crippen LogP) is 3.22. The van der Waals surface area contributed by atoms with Crippen LogP contribution in [0.25, 0.3) is 11.0 Å². The molecule has 0 saturated carbocycles. The van der Waals surface area contributed by atoms with Crippen LogP contribution in [0.2, 0.25) is 0 Å². The zero-order valence-electron chi connectivity index (χ0n) is 17.3. The van der Waals surface area contributed by atoms with Gasteiger partial charge >= 0.3 is 0 Å². The summed E-state index contributed by atoms with van der Waals surface area (Å²) in [5.41, 5.74) is 1.40. The van der Waals surface area contributed by atoms with Gasteiger partial charge in [-0.05, 0) is 35.8 Å². The summed E-state index contributed by atoms with van der Waals surface area (Å²) in [6, 6.07) is 17.1. The van der Waals surface area contributed by atoms with E-state index >= 15 is 0 Å². The number of thiazole rings is 1. The summed E-state index contributed by atoms with van der Waals surface area (Å²) in [6.45, 7) is 2.86. The number of ether oxygens (including phenoxy) is 1. The number of aromatic nitrogens is 3. The maximum atomic E-state index is 12.8. The van der Waals surface area contributed by atoms with Gasteiger partial charge in [0.25, 0.3) is 11.1 Å². The van der Waals surface area contributed by atoms with Crippen molar-refractivity contribution < 1.29 is 4.74 Å². The van der Waals surface area contributed by atoms with E-state index in [9.17, 15) is 9.59 Å². The Bertz CT molecular complexity index is 1330. The molecule has 0 aliphatic rings. The fraction of sp³-hybridized carbons (Fsp3) is 0.250. The highest BCUT2D eigenvalue weighted by Gasteiger charge is 2.11. The zero-order valence-corrected chi connectivity index (χ0v) is 18.1. The topological polar surface area (TPSA) is 73.6 Å². The first-order valence-electron chi connectivity index (χ1n) is 10.4. The van der Waals surface area contributed by atoms with Crippen LogP contribution in [0.3, 0.4) is 0 Å². The molecule has 0 amide bonds. The lowest BCUT2D eigenvalue weighted by atomic mass is 10.1. The molecule has 0 fully saturated rings. The van der Waals surface area contributed by atoms with Gasteiger partial charge < -0.3 is 4.74 Å². The summed E-state index contributed by atoms with van der Waals surface area (Å²) in [5, 5.41) is 4.29. The quantitative estimate of drug-likeness (QED) is 0.399. The van der Waals surface area contributed by atoms with Crippen molar-refractivity contribution in [3.8, 4) is 5.75 Å². The standard InChI is InChI=1S/C24H23N3O3S/c1-2-3-7-14-30-19-12-10-18(11-13-19)16-21-23(29)27-24(31-21)25-22(28)20(26-27)15-17-8-5-4-6-9-17/h4-6,8-13,16H,2-3,7,14-15H2,1H3/b21-16+. The smallest absolute Gasteiger partial charge is 0.296 e. The Hall–Kier alpha value is -3.32. The molecule has 0 spiro atoms. The van der Waals surface area contributed by atoms with Gasteiger partial charge in [-0.15, -0.1) is 0 Å². The van der Waals surface area contributed by atoms with E-state index in [4.69, 9.17) is 4.74 Å². The molecule has 158 valence electrons. The van der Waals surface area contributed by atoms with Crippen LogP contribution in [0.5, 0.6) is 5.75 Å². The first kappa shape index (κ1) is 20.9. The lowest BCUT2D eigenvalue weighted by molar-refractivity contribution is 0.306. The molecular weight excluding hydrogens is 410 g/mol. The van der Waals surface area contributed by atoms with Crippen molar-refractivity contribution in [3.63, 3.8) is 0 Å². The third-order valence-corrected chi connectivity index (χ3v) is 5.82. The molecule has 31 heavy (non-hydrogen) atoms. The van der Waals surface area contributed by atoms with E-state index in [1.165, 1.54) is 4.52 Å². The SMILES string of the molecule is CCCCCOc1ccc(/C=c2/sc3nc(=O)c(Cc4ccccc4)nn3c2=O)cc1. The maximum Gasteiger partial charge on any atom is 0.296 e. The van der Waals surface area contributed by atoms with Gasteiger partial charge in [-0.1, -0.05) is 73.6 Å². The van der Waals surface area contributed by atoms with Crippen LogP contribution < -0.4 is 20.4 Å². The number of fused-ring (bicyclic) bond motifs is 1. The van der Waals surface area contributed by atoms with Gasteiger partial charge in [0.15, 0.2) is 0 Å². The molecule has 0 aliphatic heterocycles. The van der Waals surface area contributed by atoms with E-state index in [0.717, 1.165) is 47.5 Å². The minimum Gasteiger partial charge on any atom is -0.494 e. The fourth-order valence-electron chi connectivity index (χ4n) is 3.19. The molecule has 0 N–H and O–H groups in total. The van der Waals surface area contributed by atoms with Gasteiger partial charge in [0.2, 0.25) is 4.96 Å². The Morgan fingerprint density at radius 2 is 1.81 bits per heavy atom. The van der Waals surface area contributed by atoms with Gasteiger partial charge in [0.05, 0.1) is 11.1 Å². The molecule has 4 rings (SSSR count). The van der Waals surface area contributed by atoms with Gasteiger partial charge in [-0.25, -0.2) is 0 Å². The van der Waals surface area contributed by atoms with E-state index in [1.807, 2.05) is 54.6 Å². The fourth-order valence-corrected chi connectivity index (χ4v) is 4.10. The molecule has 2 aromatic heterocycles. The van der Waals surface area contributed by atoms with Crippen molar-refractivity contribution in [2.24, 2.45) is 0 Å². The summed E-state index contributed by atoms with van der Waals surface area (Å²) < 4.78 is 7.43. The Balaban J connectivity index is 1.59.